The molecule has 80 valence electrons. The smallest absolute Gasteiger partial charge is 0.0544 e. The Labute approximate surface area is 98.9 Å². The summed E-state index contributed by atoms with van der Waals surface area (Å²) in [5, 5.41) is 4.11. The molecule has 0 amide bonds. The Morgan fingerprint density at radius 3 is 2.88 bits per heavy atom. The Morgan fingerprint density at radius 2 is 2.06 bits per heavy atom. The molecule has 0 N–H and O–H groups in total. The van der Waals surface area contributed by atoms with Crippen LogP contribution in [0.5, 0.6) is 0 Å². The number of hydrogen-bond acceptors (Lipinski definition) is 2. The molecule has 0 saturated heterocycles. The van der Waals surface area contributed by atoms with Crippen LogP contribution in [-0.4, -0.2) is 4.37 Å². The second-order valence-electron chi connectivity index (χ2n) is 4.07. The number of aromatic nitrogens is 1. The van der Waals surface area contributed by atoms with Crippen molar-refractivity contribution in [2.45, 2.75) is 20.3 Å². The molecule has 0 aliphatic carbocycles. The van der Waals surface area contributed by atoms with Crippen LogP contribution in [0.1, 0.15) is 18.2 Å². The molecule has 3 rings (SSSR count). The lowest BCUT2D eigenvalue weighted by Crippen LogP contribution is -1.90. The standard InChI is InChI=1S/C14H13NS/c1-3-11-9(2)15-16-13-8-7-10-5-4-6-12(10)14(11)13/h4-8H,3H2,1-2H3. The third-order valence-corrected chi connectivity index (χ3v) is 4.05. The number of rotatable bonds is 1. The third-order valence-electron chi connectivity index (χ3n) is 3.15. The van der Waals surface area contributed by atoms with E-state index in [1.165, 1.54) is 32.1 Å². The third kappa shape index (κ3) is 1.26. The molecule has 0 aliphatic heterocycles. The van der Waals surface area contributed by atoms with E-state index in [9.17, 15) is 0 Å². The van der Waals surface area contributed by atoms with Gasteiger partial charge in [0.15, 0.2) is 0 Å². The van der Waals surface area contributed by atoms with Gasteiger partial charge in [-0.3, -0.25) is 0 Å². The lowest BCUT2D eigenvalue weighted by atomic mass is 10.0. The Morgan fingerprint density at radius 1 is 1.19 bits per heavy atom. The fraction of sp³-hybridized carbons (Fsp3) is 0.214. The van der Waals surface area contributed by atoms with Gasteiger partial charge < -0.3 is 0 Å². The van der Waals surface area contributed by atoms with Gasteiger partial charge in [-0.15, -0.1) is 0 Å². The van der Waals surface area contributed by atoms with Crippen LogP contribution in [-0.2, 0) is 6.42 Å². The van der Waals surface area contributed by atoms with E-state index in [2.05, 4.69) is 48.6 Å². The van der Waals surface area contributed by atoms with Crippen LogP contribution in [0, 0.1) is 6.92 Å². The molecule has 0 aliphatic rings. The predicted molar refractivity (Wildman–Crippen MR) is 71.2 cm³/mol. The van der Waals surface area contributed by atoms with Crippen LogP contribution >= 0.6 is 11.5 Å². The quantitative estimate of drug-likeness (QED) is 0.603. The SMILES string of the molecule is CCc1c(C)nsc2ccc3cccc3c12. The van der Waals surface area contributed by atoms with Crippen molar-refractivity contribution in [2.75, 3.05) is 0 Å². The zero-order chi connectivity index (χ0) is 11.1. The summed E-state index contributed by atoms with van der Waals surface area (Å²) in [6.45, 7) is 4.31. The average Bonchev–Trinajstić information content (AvgIpc) is 2.77. The topological polar surface area (TPSA) is 12.9 Å². The van der Waals surface area contributed by atoms with E-state index >= 15 is 0 Å². The summed E-state index contributed by atoms with van der Waals surface area (Å²) in [7, 11) is 0. The molecule has 0 bridgehead atoms. The van der Waals surface area contributed by atoms with Gasteiger partial charge in [-0.05, 0) is 47.3 Å². The second-order valence-corrected chi connectivity index (χ2v) is 4.87. The van der Waals surface area contributed by atoms with Crippen molar-refractivity contribution >= 4 is 32.4 Å². The molecule has 0 spiro atoms. The molecule has 1 nitrogen and oxygen atoms in total. The molecular weight excluding hydrogens is 214 g/mol. The van der Waals surface area contributed by atoms with E-state index < -0.39 is 0 Å². The molecular formula is C14H13NS. The monoisotopic (exact) mass is 227 g/mol. The highest BCUT2D eigenvalue weighted by Gasteiger charge is 2.08. The molecule has 0 fully saturated rings. The van der Waals surface area contributed by atoms with Gasteiger partial charge >= 0.3 is 0 Å². The van der Waals surface area contributed by atoms with Gasteiger partial charge in [0.2, 0.25) is 0 Å². The molecule has 0 unspecified atom stereocenters. The summed E-state index contributed by atoms with van der Waals surface area (Å²) in [4.78, 5) is 0. The zero-order valence-electron chi connectivity index (χ0n) is 9.45. The normalized spacial score (nSPS) is 11.4. The minimum Gasteiger partial charge on any atom is -0.197 e. The highest BCUT2D eigenvalue weighted by Crippen LogP contribution is 2.32. The van der Waals surface area contributed by atoms with Crippen molar-refractivity contribution in [1.82, 2.24) is 4.37 Å². The Bertz CT molecular complexity index is 667. The van der Waals surface area contributed by atoms with Gasteiger partial charge in [-0.1, -0.05) is 31.2 Å². The Kier molecular flexibility index (Phi) is 2.18. The summed E-state index contributed by atoms with van der Waals surface area (Å²) in [6.07, 6.45) is 1.05. The summed E-state index contributed by atoms with van der Waals surface area (Å²) in [6, 6.07) is 10.9. The van der Waals surface area contributed by atoms with Crippen LogP contribution in [0.4, 0.5) is 0 Å². The summed E-state index contributed by atoms with van der Waals surface area (Å²) in [5.41, 5.74) is 2.57. The maximum absolute atomic E-state index is 4.51. The number of aryl methyl sites for hydroxylation is 2. The fourth-order valence-corrected chi connectivity index (χ4v) is 3.16. The predicted octanol–water partition coefficient (Wildman–Crippen LogP) is 4.32. The summed E-state index contributed by atoms with van der Waals surface area (Å²) < 4.78 is 5.80. The van der Waals surface area contributed by atoms with Crippen LogP contribution in [0.2, 0.25) is 0 Å². The lowest BCUT2D eigenvalue weighted by Gasteiger charge is -2.07. The first-order valence-electron chi connectivity index (χ1n) is 5.58. The molecule has 3 aromatic rings. The summed E-state index contributed by atoms with van der Waals surface area (Å²) >= 11 is 1.60. The van der Waals surface area contributed by atoms with Gasteiger partial charge in [0, 0.05) is 5.39 Å². The minimum atomic E-state index is 1.05. The lowest BCUT2D eigenvalue weighted by molar-refractivity contribution is 1.10. The van der Waals surface area contributed by atoms with E-state index in [1.807, 2.05) is 0 Å². The van der Waals surface area contributed by atoms with Gasteiger partial charge in [0.05, 0.1) is 10.4 Å². The van der Waals surface area contributed by atoms with Crippen LogP contribution < -0.4 is 0 Å². The van der Waals surface area contributed by atoms with E-state index in [4.69, 9.17) is 0 Å². The first kappa shape index (κ1) is 9.79. The minimum absolute atomic E-state index is 1.05. The van der Waals surface area contributed by atoms with Crippen LogP contribution in [0.3, 0.4) is 0 Å². The van der Waals surface area contributed by atoms with Crippen molar-refractivity contribution in [2.24, 2.45) is 0 Å². The highest BCUT2D eigenvalue weighted by atomic mass is 32.1. The average molecular weight is 227 g/mol. The number of fused-ring (bicyclic) bond motifs is 3. The van der Waals surface area contributed by atoms with Crippen molar-refractivity contribution < 1.29 is 0 Å². The molecule has 0 atom stereocenters. The maximum atomic E-state index is 4.51. The van der Waals surface area contributed by atoms with E-state index in [1.54, 1.807) is 11.5 Å². The van der Waals surface area contributed by atoms with Gasteiger partial charge in [-0.2, -0.15) is 4.37 Å². The Hall–Kier alpha value is -1.41. The van der Waals surface area contributed by atoms with Gasteiger partial charge in [-0.25, -0.2) is 0 Å². The fourth-order valence-electron chi connectivity index (χ4n) is 2.36. The maximum Gasteiger partial charge on any atom is 0.0544 e. The molecule has 1 heterocycles. The van der Waals surface area contributed by atoms with E-state index in [0.29, 0.717) is 0 Å². The van der Waals surface area contributed by atoms with Gasteiger partial charge in [0.1, 0.15) is 0 Å². The molecule has 1 aromatic heterocycles. The first-order valence-corrected chi connectivity index (χ1v) is 6.35. The zero-order valence-corrected chi connectivity index (χ0v) is 10.3. The van der Waals surface area contributed by atoms with Crippen molar-refractivity contribution in [1.29, 1.82) is 0 Å². The summed E-state index contributed by atoms with van der Waals surface area (Å²) in [5.74, 6) is 0. The van der Waals surface area contributed by atoms with Crippen molar-refractivity contribution in [3.8, 4) is 0 Å². The van der Waals surface area contributed by atoms with Crippen LogP contribution in [0.15, 0.2) is 30.3 Å². The number of hydrogen-bond donors (Lipinski definition) is 0. The molecule has 0 radical (unpaired) electrons. The second kappa shape index (κ2) is 3.56. The van der Waals surface area contributed by atoms with Crippen LogP contribution in [0.25, 0.3) is 20.9 Å². The molecule has 2 heteroatoms. The first-order chi connectivity index (χ1) is 7.81. The Balaban J connectivity index is 2.59. The van der Waals surface area contributed by atoms with E-state index in [0.717, 1.165) is 6.42 Å². The number of nitrogens with zero attached hydrogens (tertiary/aromatic N) is 1. The van der Waals surface area contributed by atoms with Crippen molar-refractivity contribution in [3.63, 3.8) is 0 Å². The highest BCUT2D eigenvalue weighted by molar-refractivity contribution is 7.13. The van der Waals surface area contributed by atoms with Gasteiger partial charge in [0.25, 0.3) is 0 Å². The van der Waals surface area contributed by atoms with Crippen molar-refractivity contribution in [3.05, 3.63) is 41.6 Å². The number of benzene rings is 1. The molecule has 0 saturated carbocycles. The molecule has 2 aromatic carbocycles. The largest absolute Gasteiger partial charge is 0.197 e. The van der Waals surface area contributed by atoms with E-state index in [-0.39, 0.29) is 0 Å². The molecule has 16 heavy (non-hydrogen) atoms.